The lowest BCUT2D eigenvalue weighted by molar-refractivity contribution is -0.128. The summed E-state index contributed by atoms with van der Waals surface area (Å²) in [4.78, 5) is 11.9. The standard InChI is InChI=1S/C13H22N2O/c1-3-4-5-9-15-12(16)13(14)8-6-7-11(2)10-13/h11H,5-10,14H2,1-2H3,(H,15,16). The largest absolute Gasteiger partial charge is 0.354 e. The van der Waals surface area contributed by atoms with Crippen molar-refractivity contribution in [2.45, 2.75) is 51.5 Å². The lowest BCUT2D eigenvalue weighted by Gasteiger charge is -2.35. The molecule has 0 radical (unpaired) electrons. The normalized spacial score (nSPS) is 29.1. The lowest BCUT2D eigenvalue weighted by Crippen LogP contribution is -2.56. The molecule has 1 fully saturated rings. The van der Waals surface area contributed by atoms with Gasteiger partial charge in [0.15, 0.2) is 0 Å². The molecule has 3 nitrogen and oxygen atoms in total. The van der Waals surface area contributed by atoms with Crippen molar-refractivity contribution < 1.29 is 4.79 Å². The van der Waals surface area contributed by atoms with E-state index >= 15 is 0 Å². The average Bonchev–Trinajstić information content (AvgIpc) is 2.23. The molecule has 3 N–H and O–H groups in total. The highest BCUT2D eigenvalue weighted by Crippen LogP contribution is 2.30. The minimum absolute atomic E-state index is 0.00282. The number of carbonyl (C=O) groups excluding carboxylic acids is 1. The van der Waals surface area contributed by atoms with E-state index in [-0.39, 0.29) is 5.91 Å². The van der Waals surface area contributed by atoms with Crippen LogP contribution in [0.15, 0.2) is 0 Å². The quantitative estimate of drug-likeness (QED) is 0.560. The Bertz CT molecular complexity index is 303. The lowest BCUT2D eigenvalue weighted by atomic mass is 9.76. The van der Waals surface area contributed by atoms with Crippen molar-refractivity contribution >= 4 is 5.91 Å². The van der Waals surface area contributed by atoms with E-state index in [4.69, 9.17) is 5.73 Å². The van der Waals surface area contributed by atoms with E-state index in [0.29, 0.717) is 18.9 Å². The monoisotopic (exact) mass is 222 g/mol. The predicted molar refractivity (Wildman–Crippen MR) is 65.6 cm³/mol. The van der Waals surface area contributed by atoms with Crippen LogP contribution >= 0.6 is 0 Å². The van der Waals surface area contributed by atoms with Crippen molar-refractivity contribution in [3.63, 3.8) is 0 Å². The van der Waals surface area contributed by atoms with Crippen LogP contribution < -0.4 is 11.1 Å². The summed E-state index contributed by atoms with van der Waals surface area (Å²) in [7, 11) is 0. The second-order valence-corrected chi connectivity index (χ2v) is 4.79. The van der Waals surface area contributed by atoms with Crippen LogP contribution in [0, 0.1) is 17.8 Å². The van der Waals surface area contributed by atoms with Gasteiger partial charge >= 0.3 is 0 Å². The van der Waals surface area contributed by atoms with Gasteiger partial charge < -0.3 is 11.1 Å². The summed E-state index contributed by atoms with van der Waals surface area (Å²) in [5.74, 6) is 6.28. The third kappa shape index (κ3) is 3.53. The van der Waals surface area contributed by atoms with Crippen molar-refractivity contribution in [2.24, 2.45) is 11.7 Å². The van der Waals surface area contributed by atoms with E-state index < -0.39 is 5.54 Å². The fourth-order valence-corrected chi connectivity index (χ4v) is 2.34. The Morgan fingerprint density at radius 2 is 2.38 bits per heavy atom. The highest BCUT2D eigenvalue weighted by Gasteiger charge is 2.37. The molecule has 0 aromatic heterocycles. The fraction of sp³-hybridized carbons (Fsp3) is 0.769. The fourth-order valence-electron chi connectivity index (χ4n) is 2.34. The second kappa shape index (κ2) is 5.91. The van der Waals surface area contributed by atoms with Crippen LogP contribution in [0.2, 0.25) is 0 Å². The number of amides is 1. The van der Waals surface area contributed by atoms with Gasteiger partial charge in [-0.15, -0.1) is 11.8 Å². The van der Waals surface area contributed by atoms with Crippen molar-refractivity contribution in [1.82, 2.24) is 5.32 Å². The first-order valence-electron chi connectivity index (χ1n) is 6.05. The van der Waals surface area contributed by atoms with Crippen LogP contribution in [0.5, 0.6) is 0 Å². The number of hydrogen-bond acceptors (Lipinski definition) is 2. The van der Waals surface area contributed by atoms with Gasteiger partial charge in [-0.1, -0.05) is 19.8 Å². The molecule has 0 aromatic carbocycles. The molecule has 0 aromatic rings. The van der Waals surface area contributed by atoms with Gasteiger partial charge in [0.1, 0.15) is 0 Å². The Hall–Kier alpha value is -1.01. The Morgan fingerprint density at radius 3 is 3.00 bits per heavy atom. The molecule has 0 aliphatic heterocycles. The van der Waals surface area contributed by atoms with E-state index in [1.54, 1.807) is 6.92 Å². The summed E-state index contributed by atoms with van der Waals surface area (Å²) in [6, 6.07) is 0. The van der Waals surface area contributed by atoms with Gasteiger partial charge in [0.25, 0.3) is 0 Å². The minimum atomic E-state index is -0.642. The second-order valence-electron chi connectivity index (χ2n) is 4.79. The van der Waals surface area contributed by atoms with Crippen LogP contribution in [0.3, 0.4) is 0 Å². The van der Waals surface area contributed by atoms with Crippen molar-refractivity contribution in [2.75, 3.05) is 6.54 Å². The van der Waals surface area contributed by atoms with Crippen LogP contribution in [0.4, 0.5) is 0 Å². The average molecular weight is 222 g/mol. The van der Waals surface area contributed by atoms with E-state index in [1.165, 1.54) is 6.42 Å². The molecule has 0 spiro atoms. The van der Waals surface area contributed by atoms with Crippen LogP contribution in [-0.4, -0.2) is 18.0 Å². The first kappa shape index (κ1) is 13.1. The Morgan fingerprint density at radius 1 is 1.62 bits per heavy atom. The highest BCUT2D eigenvalue weighted by molar-refractivity contribution is 5.86. The maximum Gasteiger partial charge on any atom is 0.240 e. The topological polar surface area (TPSA) is 55.1 Å². The number of nitrogens with one attached hydrogen (secondary N) is 1. The third-order valence-corrected chi connectivity index (χ3v) is 3.20. The SMILES string of the molecule is CC#CCCNC(=O)C1(N)CCCC(C)C1. The smallest absolute Gasteiger partial charge is 0.240 e. The summed E-state index contributed by atoms with van der Waals surface area (Å²) in [5.41, 5.74) is 5.52. The molecule has 90 valence electrons. The Labute approximate surface area is 98.2 Å². The summed E-state index contributed by atoms with van der Waals surface area (Å²) >= 11 is 0. The summed E-state index contributed by atoms with van der Waals surface area (Å²) in [6.07, 6.45) is 4.56. The van der Waals surface area contributed by atoms with Gasteiger partial charge in [0, 0.05) is 13.0 Å². The van der Waals surface area contributed by atoms with E-state index in [2.05, 4.69) is 24.1 Å². The molecule has 1 rings (SSSR count). The molecule has 1 aliphatic rings. The molecule has 1 aliphatic carbocycles. The van der Waals surface area contributed by atoms with E-state index in [9.17, 15) is 4.79 Å². The molecule has 2 unspecified atom stereocenters. The zero-order valence-corrected chi connectivity index (χ0v) is 10.3. The number of rotatable bonds is 3. The number of carbonyl (C=O) groups is 1. The molecular weight excluding hydrogens is 200 g/mol. The Kier molecular flexibility index (Phi) is 4.82. The van der Waals surface area contributed by atoms with Gasteiger partial charge in [-0.2, -0.15) is 0 Å². The van der Waals surface area contributed by atoms with Crippen LogP contribution in [-0.2, 0) is 4.79 Å². The third-order valence-electron chi connectivity index (χ3n) is 3.20. The molecule has 0 saturated heterocycles. The van der Waals surface area contributed by atoms with Gasteiger partial charge in [-0.3, -0.25) is 4.79 Å². The van der Waals surface area contributed by atoms with Crippen LogP contribution in [0.25, 0.3) is 0 Å². The van der Waals surface area contributed by atoms with E-state index in [1.807, 2.05) is 0 Å². The van der Waals surface area contributed by atoms with Crippen LogP contribution in [0.1, 0.15) is 46.0 Å². The molecule has 2 atom stereocenters. The zero-order chi connectivity index (χ0) is 12.0. The van der Waals surface area contributed by atoms with Crippen molar-refractivity contribution in [3.05, 3.63) is 0 Å². The zero-order valence-electron chi connectivity index (χ0n) is 10.3. The summed E-state index contributed by atoms with van der Waals surface area (Å²) in [5, 5.41) is 2.88. The van der Waals surface area contributed by atoms with E-state index in [0.717, 1.165) is 19.3 Å². The van der Waals surface area contributed by atoms with Gasteiger partial charge in [0.05, 0.1) is 5.54 Å². The molecule has 16 heavy (non-hydrogen) atoms. The first-order valence-corrected chi connectivity index (χ1v) is 6.05. The van der Waals surface area contributed by atoms with Crippen molar-refractivity contribution in [1.29, 1.82) is 0 Å². The molecule has 0 bridgehead atoms. The highest BCUT2D eigenvalue weighted by atomic mass is 16.2. The molecule has 0 heterocycles. The van der Waals surface area contributed by atoms with Gasteiger partial charge in [0.2, 0.25) is 5.91 Å². The number of nitrogens with two attached hydrogens (primary N) is 1. The molecule has 1 saturated carbocycles. The minimum Gasteiger partial charge on any atom is -0.354 e. The maximum atomic E-state index is 11.9. The van der Waals surface area contributed by atoms with Crippen molar-refractivity contribution in [3.8, 4) is 11.8 Å². The number of hydrogen-bond donors (Lipinski definition) is 2. The first-order chi connectivity index (χ1) is 7.58. The summed E-state index contributed by atoms with van der Waals surface area (Å²) in [6.45, 7) is 4.57. The molecular formula is C13H22N2O. The Balaban J connectivity index is 2.41. The molecule has 3 heteroatoms. The molecule has 1 amide bonds. The maximum absolute atomic E-state index is 11.9. The summed E-state index contributed by atoms with van der Waals surface area (Å²) < 4.78 is 0. The predicted octanol–water partition coefficient (Wildman–Crippen LogP) is 1.42. The van der Waals surface area contributed by atoms with Gasteiger partial charge in [-0.25, -0.2) is 0 Å². The van der Waals surface area contributed by atoms with Gasteiger partial charge in [-0.05, 0) is 25.7 Å².